The number of nitrogens with zero attached hydrogens (tertiary/aromatic N) is 2. The number of aromatic nitrogens is 1. The van der Waals surface area contributed by atoms with Gasteiger partial charge in [0.1, 0.15) is 0 Å². The molecule has 0 radical (unpaired) electrons. The zero-order valence-corrected chi connectivity index (χ0v) is 11.5. The molecule has 110 valence electrons. The summed E-state index contributed by atoms with van der Waals surface area (Å²) < 4.78 is 0. The number of rotatable bonds is 4. The highest BCUT2D eigenvalue weighted by atomic mass is 16.6. The third kappa shape index (κ3) is 2.67. The van der Waals surface area contributed by atoms with E-state index < -0.39 is 0 Å². The number of hydrogen-bond donors (Lipinski definition) is 2. The molecule has 1 heterocycles. The van der Waals surface area contributed by atoms with Crippen LogP contribution in [0.5, 0.6) is 0 Å². The first-order chi connectivity index (χ1) is 10.2. The van der Waals surface area contributed by atoms with Gasteiger partial charge in [0.05, 0.1) is 16.4 Å². The number of nitrogens with one attached hydrogen (secondary N) is 1. The van der Waals surface area contributed by atoms with E-state index in [0.717, 1.165) is 30.3 Å². The molecular weight excluding hydrogens is 270 g/mol. The predicted octanol–water partition coefficient (Wildman–Crippen LogP) is 2.72. The van der Waals surface area contributed by atoms with Gasteiger partial charge in [-0.25, -0.2) is 0 Å². The van der Waals surface area contributed by atoms with Gasteiger partial charge in [-0.3, -0.25) is 15.1 Å². The average molecular weight is 287 g/mol. The molecule has 1 aliphatic rings. The van der Waals surface area contributed by atoms with Crippen molar-refractivity contribution in [2.24, 2.45) is 5.92 Å². The van der Waals surface area contributed by atoms with Gasteiger partial charge in [-0.1, -0.05) is 6.42 Å². The number of aliphatic hydroxyl groups excluding tert-OH is 1. The minimum absolute atomic E-state index is 0.0823. The molecule has 2 aromatic rings. The number of pyridine rings is 1. The van der Waals surface area contributed by atoms with Crippen molar-refractivity contribution in [3.8, 4) is 0 Å². The van der Waals surface area contributed by atoms with E-state index in [2.05, 4.69) is 10.3 Å². The SMILES string of the molecule is O=[N+]([O-])c1ccc(NCC2CCCC2O)c2cnccc12. The minimum Gasteiger partial charge on any atom is -0.393 e. The molecule has 1 fully saturated rings. The van der Waals surface area contributed by atoms with Gasteiger partial charge in [-0.05, 0) is 25.0 Å². The van der Waals surface area contributed by atoms with Crippen molar-refractivity contribution in [1.82, 2.24) is 4.98 Å². The predicted molar refractivity (Wildman–Crippen MR) is 80.2 cm³/mol. The standard InChI is InChI=1S/C15H17N3O3/c19-15-3-1-2-10(15)8-17-13-4-5-14(18(20)21)11-6-7-16-9-12(11)13/h4-7,9-10,15,17,19H,1-3,8H2. The fraction of sp³-hybridized carbons (Fsp3) is 0.400. The Balaban J connectivity index is 1.89. The van der Waals surface area contributed by atoms with Crippen LogP contribution in [0.2, 0.25) is 0 Å². The van der Waals surface area contributed by atoms with Crippen LogP contribution in [0.25, 0.3) is 10.8 Å². The third-order valence-corrected chi connectivity index (χ3v) is 4.17. The normalized spacial score (nSPS) is 21.6. The quantitative estimate of drug-likeness (QED) is 0.666. The van der Waals surface area contributed by atoms with E-state index in [1.54, 1.807) is 24.5 Å². The smallest absolute Gasteiger partial charge is 0.277 e. The molecule has 0 amide bonds. The fourth-order valence-corrected chi connectivity index (χ4v) is 2.98. The van der Waals surface area contributed by atoms with Crippen molar-refractivity contribution in [2.75, 3.05) is 11.9 Å². The van der Waals surface area contributed by atoms with E-state index in [0.29, 0.717) is 11.9 Å². The van der Waals surface area contributed by atoms with Gasteiger partial charge in [0.25, 0.3) is 5.69 Å². The van der Waals surface area contributed by atoms with Gasteiger partial charge in [-0.2, -0.15) is 0 Å². The monoisotopic (exact) mass is 287 g/mol. The molecule has 1 aromatic carbocycles. The van der Waals surface area contributed by atoms with Crippen LogP contribution in [-0.2, 0) is 0 Å². The lowest BCUT2D eigenvalue weighted by Crippen LogP contribution is -2.22. The molecule has 6 nitrogen and oxygen atoms in total. The van der Waals surface area contributed by atoms with Crippen molar-refractivity contribution in [2.45, 2.75) is 25.4 Å². The minimum atomic E-state index is -0.382. The molecular formula is C15H17N3O3. The molecule has 1 saturated carbocycles. The number of fused-ring (bicyclic) bond motifs is 1. The van der Waals surface area contributed by atoms with Gasteiger partial charge in [-0.15, -0.1) is 0 Å². The van der Waals surface area contributed by atoms with Crippen LogP contribution in [0.4, 0.5) is 11.4 Å². The maximum Gasteiger partial charge on any atom is 0.277 e. The van der Waals surface area contributed by atoms with Crippen LogP contribution in [-0.4, -0.2) is 27.7 Å². The third-order valence-electron chi connectivity index (χ3n) is 4.17. The summed E-state index contributed by atoms with van der Waals surface area (Å²) in [4.78, 5) is 14.7. The number of nitro groups is 1. The highest BCUT2D eigenvalue weighted by Crippen LogP contribution is 2.32. The molecule has 6 heteroatoms. The van der Waals surface area contributed by atoms with E-state index in [1.165, 1.54) is 6.07 Å². The Labute approximate surface area is 122 Å². The van der Waals surface area contributed by atoms with E-state index in [-0.39, 0.29) is 22.6 Å². The van der Waals surface area contributed by atoms with Crippen LogP contribution in [0, 0.1) is 16.0 Å². The number of non-ortho nitro benzene ring substituents is 1. The summed E-state index contributed by atoms with van der Waals surface area (Å²) in [6.45, 7) is 0.670. The van der Waals surface area contributed by atoms with Crippen molar-refractivity contribution in [3.05, 3.63) is 40.7 Å². The van der Waals surface area contributed by atoms with E-state index in [1.807, 2.05) is 0 Å². The summed E-state index contributed by atoms with van der Waals surface area (Å²) in [7, 11) is 0. The van der Waals surface area contributed by atoms with Gasteiger partial charge in [0.2, 0.25) is 0 Å². The Morgan fingerprint density at radius 1 is 1.33 bits per heavy atom. The lowest BCUT2D eigenvalue weighted by Gasteiger charge is -2.17. The van der Waals surface area contributed by atoms with E-state index >= 15 is 0 Å². The zero-order chi connectivity index (χ0) is 14.8. The lowest BCUT2D eigenvalue weighted by molar-refractivity contribution is -0.383. The maximum absolute atomic E-state index is 11.1. The van der Waals surface area contributed by atoms with Gasteiger partial charge < -0.3 is 10.4 Å². The second-order valence-corrected chi connectivity index (χ2v) is 5.45. The number of benzene rings is 1. The van der Waals surface area contributed by atoms with Crippen LogP contribution < -0.4 is 5.32 Å². The Morgan fingerprint density at radius 2 is 2.19 bits per heavy atom. The van der Waals surface area contributed by atoms with Crippen molar-refractivity contribution in [1.29, 1.82) is 0 Å². The molecule has 1 aliphatic carbocycles. The molecule has 0 aliphatic heterocycles. The first kappa shape index (κ1) is 13.8. The van der Waals surface area contributed by atoms with Crippen molar-refractivity contribution < 1.29 is 10.0 Å². The summed E-state index contributed by atoms with van der Waals surface area (Å²) in [5, 5.41) is 25.5. The number of nitro benzene ring substituents is 1. The molecule has 2 unspecified atom stereocenters. The van der Waals surface area contributed by atoms with Gasteiger partial charge in [0.15, 0.2) is 0 Å². The fourth-order valence-electron chi connectivity index (χ4n) is 2.98. The van der Waals surface area contributed by atoms with Crippen LogP contribution in [0.1, 0.15) is 19.3 Å². The average Bonchev–Trinajstić information content (AvgIpc) is 2.89. The summed E-state index contributed by atoms with van der Waals surface area (Å²) in [5.41, 5.74) is 0.904. The van der Waals surface area contributed by atoms with Crippen LogP contribution >= 0.6 is 0 Å². The molecule has 0 saturated heterocycles. The molecule has 2 N–H and O–H groups in total. The lowest BCUT2D eigenvalue weighted by atomic mass is 10.1. The van der Waals surface area contributed by atoms with Crippen LogP contribution in [0.3, 0.4) is 0 Å². The molecule has 0 spiro atoms. The molecule has 21 heavy (non-hydrogen) atoms. The van der Waals surface area contributed by atoms with Crippen molar-refractivity contribution in [3.63, 3.8) is 0 Å². The zero-order valence-electron chi connectivity index (χ0n) is 11.5. The first-order valence-electron chi connectivity index (χ1n) is 7.10. The molecule has 2 atom stereocenters. The highest BCUT2D eigenvalue weighted by Gasteiger charge is 2.25. The Morgan fingerprint density at radius 3 is 2.90 bits per heavy atom. The molecule has 0 bridgehead atoms. The summed E-state index contributed by atoms with van der Waals surface area (Å²) in [6, 6.07) is 4.88. The molecule has 3 rings (SSSR count). The summed E-state index contributed by atoms with van der Waals surface area (Å²) in [6.07, 6.45) is 5.86. The van der Waals surface area contributed by atoms with Gasteiger partial charge >= 0.3 is 0 Å². The first-order valence-corrected chi connectivity index (χ1v) is 7.10. The van der Waals surface area contributed by atoms with Gasteiger partial charge in [0, 0.05) is 42.0 Å². The Kier molecular flexibility index (Phi) is 3.70. The van der Waals surface area contributed by atoms with Crippen LogP contribution in [0.15, 0.2) is 30.6 Å². The second kappa shape index (κ2) is 5.65. The number of hydrogen-bond acceptors (Lipinski definition) is 5. The Hall–Kier alpha value is -2.21. The van der Waals surface area contributed by atoms with E-state index in [4.69, 9.17) is 0 Å². The summed E-state index contributed by atoms with van der Waals surface area (Å²) in [5.74, 6) is 0.243. The Bertz CT molecular complexity index is 674. The van der Waals surface area contributed by atoms with Crippen molar-refractivity contribution >= 4 is 22.1 Å². The largest absolute Gasteiger partial charge is 0.393 e. The number of anilines is 1. The second-order valence-electron chi connectivity index (χ2n) is 5.45. The highest BCUT2D eigenvalue weighted by molar-refractivity contribution is 5.99. The maximum atomic E-state index is 11.1. The summed E-state index contributed by atoms with van der Waals surface area (Å²) >= 11 is 0. The molecule has 1 aromatic heterocycles. The van der Waals surface area contributed by atoms with E-state index in [9.17, 15) is 15.2 Å². The topological polar surface area (TPSA) is 88.3 Å². The number of aliphatic hydroxyl groups is 1.